The van der Waals surface area contributed by atoms with Crippen molar-refractivity contribution >= 4 is 11.6 Å². The molecule has 2 heterocycles. The van der Waals surface area contributed by atoms with Gasteiger partial charge in [0.15, 0.2) is 0 Å². The molecule has 1 aromatic carbocycles. The number of nitrogens with zero attached hydrogens (tertiary/aromatic N) is 4. The Hall–Kier alpha value is -3.03. The largest absolute Gasteiger partial charge is 0.326 e. The van der Waals surface area contributed by atoms with Gasteiger partial charge in [-0.15, -0.1) is 10.2 Å². The van der Waals surface area contributed by atoms with E-state index < -0.39 is 0 Å². The molecule has 0 amide bonds. The molecule has 0 radical (unpaired) electrons. The fourth-order valence-electron chi connectivity index (χ4n) is 1.55. The summed E-state index contributed by atoms with van der Waals surface area (Å²) in [5.41, 5.74) is 0.750. The first-order chi connectivity index (χ1) is 9.33. The Bertz CT molecular complexity index is 720. The van der Waals surface area contributed by atoms with Crippen LogP contribution in [0.2, 0.25) is 0 Å². The molecule has 19 heavy (non-hydrogen) atoms. The number of para-hydroxylation sites is 1. The number of aromatic nitrogens is 6. The lowest BCUT2D eigenvalue weighted by atomic mass is 10.3. The van der Waals surface area contributed by atoms with Gasteiger partial charge in [0.25, 0.3) is 5.56 Å². The van der Waals surface area contributed by atoms with E-state index in [4.69, 9.17) is 0 Å². The molecule has 3 N–H and O–H groups in total. The number of aromatic amines is 2. The van der Waals surface area contributed by atoms with Crippen LogP contribution in [0, 0.1) is 0 Å². The van der Waals surface area contributed by atoms with Gasteiger partial charge in [0.1, 0.15) is 5.56 Å². The fourth-order valence-corrected chi connectivity index (χ4v) is 1.55. The zero-order chi connectivity index (χ0) is 13.1. The van der Waals surface area contributed by atoms with Gasteiger partial charge in [-0.2, -0.15) is 5.21 Å². The molecule has 0 unspecified atom stereocenters. The van der Waals surface area contributed by atoms with Gasteiger partial charge < -0.3 is 5.32 Å². The monoisotopic (exact) mass is 255 g/mol. The number of H-pyrrole nitrogens is 2. The first kappa shape index (κ1) is 11.1. The fraction of sp³-hybridized carbons (Fsp3) is 0. The van der Waals surface area contributed by atoms with Gasteiger partial charge in [-0.25, -0.2) is 4.98 Å². The first-order valence-corrected chi connectivity index (χ1v) is 5.48. The Kier molecular flexibility index (Phi) is 2.73. The van der Waals surface area contributed by atoms with Crippen LogP contribution in [-0.4, -0.2) is 30.6 Å². The Morgan fingerprint density at radius 1 is 1.16 bits per heavy atom. The second kappa shape index (κ2) is 4.69. The minimum atomic E-state index is -0.338. The van der Waals surface area contributed by atoms with Crippen LogP contribution < -0.4 is 10.9 Å². The van der Waals surface area contributed by atoms with Crippen LogP contribution in [0.5, 0.6) is 0 Å². The Morgan fingerprint density at radius 2 is 2.00 bits per heavy atom. The predicted molar refractivity (Wildman–Crippen MR) is 67.8 cm³/mol. The van der Waals surface area contributed by atoms with Crippen molar-refractivity contribution in [3.8, 4) is 11.4 Å². The summed E-state index contributed by atoms with van der Waals surface area (Å²) in [5.74, 6) is 0.559. The highest BCUT2D eigenvalue weighted by Crippen LogP contribution is 2.11. The van der Waals surface area contributed by atoms with E-state index >= 15 is 0 Å². The maximum absolute atomic E-state index is 11.9. The SMILES string of the molecule is O=c1[nH]c(Nc2ccccc2)ncc1-c1nn[nH]n1. The van der Waals surface area contributed by atoms with Gasteiger partial charge in [-0.3, -0.25) is 9.78 Å². The number of hydrogen-bond donors (Lipinski definition) is 3. The topological polar surface area (TPSA) is 112 Å². The molecule has 0 bridgehead atoms. The summed E-state index contributed by atoms with van der Waals surface area (Å²) in [6.07, 6.45) is 1.40. The second-order valence-corrected chi connectivity index (χ2v) is 3.70. The Morgan fingerprint density at radius 3 is 2.68 bits per heavy atom. The van der Waals surface area contributed by atoms with Crippen molar-refractivity contribution in [3.05, 3.63) is 46.9 Å². The summed E-state index contributed by atoms with van der Waals surface area (Å²) in [6.45, 7) is 0. The molecule has 94 valence electrons. The van der Waals surface area contributed by atoms with Crippen molar-refractivity contribution in [1.29, 1.82) is 0 Å². The van der Waals surface area contributed by atoms with Crippen molar-refractivity contribution in [3.63, 3.8) is 0 Å². The lowest BCUT2D eigenvalue weighted by Crippen LogP contribution is -2.13. The third kappa shape index (κ3) is 2.32. The maximum Gasteiger partial charge on any atom is 0.263 e. The molecular weight excluding hydrogens is 246 g/mol. The smallest absolute Gasteiger partial charge is 0.263 e. The molecule has 0 saturated carbocycles. The predicted octanol–water partition coefficient (Wildman–Crippen LogP) is 0.694. The van der Waals surface area contributed by atoms with Gasteiger partial charge in [0.2, 0.25) is 11.8 Å². The molecule has 0 fully saturated rings. The minimum Gasteiger partial charge on any atom is -0.326 e. The van der Waals surface area contributed by atoms with Gasteiger partial charge in [0, 0.05) is 11.9 Å². The summed E-state index contributed by atoms with van der Waals surface area (Å²) in [4.78, 5) is 18.6. The van der Waals surface area contributed by atoms with Gasteiger partial charge in [-0.05, 0) is 17.3 Å². The minimum absolute atomic E-state index is 0.208. The lowest BCUT2D eigenvalue weighted by molar-refractivity contribution is 0.881. The molecule has 0 aliphatic heterocycles. The molecule has 8 nitrogen and oxygen atoms in total. The maximum atomic E-state index is 11.9. The highest BCUT2D eigenvalue weighted by atomic mass is 16.1. The van der Waals surface area contributed by atoms with Crippen LogP contribution in [0.4, 0.5) is 11.6 Å². The van der Waals surface area contributed by atoms with E-state index in [-0.39, 0.29) is 16.9 Å². The summed E-state index contributed by atoms with van der Waals surface area (Å²) < 4.78 is 0. The molecule has 0 aliphatic rings. The van der Waals surface area contributed by atoms with E-state index in [1.165, 1.54) is 6.20 Å². The van der Waals surface area contributed by atoms with Crippen molar-refractivity contribution < 1.29 is 0 Å². The van der Waals surface area contributed by atoms with E-state index in [1.807, 2.05) is 30.3 Å². The quantitative estimate of drug-likeness (QED) is 0.634. The molecule has 3 rings (SSSR count). The number of tetrazole rings is 1. The van der Waals surface area contributed by atoms with Crippen molar-refractivity contribution in [2.75, 3.05) is 5.32 Å². The number of rotatable bonds is 3. The third-order valence-corrected chi connectivity index (χ3v) is 2.42. The van der Waals surface area contributed by atoms with Gasteiger partial charge in [-0.1, -0.05) is 18.2 Å². The number of benzene rings is 1. The highest BCUT2D eigenvalue weighted by Gasteiger charge is 2.09. The summed E-state index contributed by atoms with van der Waals surface area (Å²) in [6, 6.07) is 9.41. The molecule has 0 saturated heterocycles. The molecule has 3 aromatic rings. The molecule has 0 spiro atoms. The first-order valence-electron chi connectivity index (χ1n) is 5.48. The van der Waals surface area contributed by atoms with Gasteiger partial charge >= 0.3 is 0 Å². The zero-order valence-electron chi connectivity index (χ0n) is 9.66. The third-order valence-electron chi connectivity index (χ3n) is 2.42. The number of anilines is 2. The van der Waals surface area contributed by atoms with Crippen molar-refractivity contribution in [2.24, 2.45) is 0 Å². The molecule has 0 aliphatic carbocycles. The molecule has 8 heteroatoms. The average molecular weight is 255 g/mol. The zero-order valence-corrected chi connectivity index (χ0v) is 9.66. The molecule has 2 aromatic heterocycles. The van der Waals surface area contributed by atoms with Crippen LogP contribution in [0.25, 0.3) is 11.4 Å². The molecular formula is C11H9N7O. The summed E-state index contributed by atoms with van der Waals surface area (Å²) in [5, 5.41) is 16.1. The van der Waals surface area contributed by atoms with E-state index in [0.29, 0.717) is 5.95 Å². The normalized spacial score (nSPS) is 10.3. The Labute approximate surface area is 106 Å². The Balaban J connectivity index is 1.90. The van der Waals surface area contributed by atoms with Crippen LogP contribution in [0.3, 0.4) is 0 Å². The summed E-state index contributed by atoms with van der Waals surface area (Å²) in [7, 11) is 0. The van der Waals surface area contributed by atoms with E-state index in [2.05, 4.69) is 35.9 Å². The van der Waals surface area contributed by atoms with E-state index in [0.717, 1.165) is 5.69 Å². The van der Waals surface area contributed by atoms with Crippen LogP contribution >= 0.6 is 0 Å². The van der Waals surface area contributed by atoms with Crippen molar-refractivity contribution in [1.82, 2.24) is 30.6 Å². The highest BCUT2D eigenvalue weighted by molar-refractivity contribution is 5.55. The van der Waals surface area contributed by atoms with E-state index in [9.17, 15) is 4.79 Å². The van der Waals surface area contributed by atoms with Crippen LogP contribution in [0.1, 0.15) is 0 Å². The van der Waals surface area contributed by atoms with Crippen LogP contribution in [-0.2, 0) is 0 Å². The number of nitrogens with one attached hydrogen (secondary N) is 3. The lowest BCUT2D eigenvalue weighted by Gasteiger charge is -2.04. The van der Waals surface area contributed by atoms with Crippen molar-refractivity contribution in [2.45, 2.75) is 0 Å². The summed E-state index contributed by atoms with van der Waals surface area (Å²) >= 11 is 0. The number of hydrogen-bond acceptors (Lipinski definition) is 6. The second-order valence-electron chi connectivity index (χ2n) is 3.70. The average Bonchev–Trinajstić information content (AvgIpc) is 2.94. The molecule has 0 atom stereocenters. The van der Waals surface area contributed by atoms with Gasteiger partial charge in [0.05, 0.1) is 0 Å². The van der Waals surface area contributed by atoms with E-state index in [1.54, 1.807) is 0 Å². The standard InChI is InChI=1S/C11H9N7O/c19-10-8(9-15-17-18-16-9)6-12-11(14-10)13-7-4-2-1-3-5-7/h1-6H,(H2,12,13,14,19)(H,15,16,17,18). The van der Waals surface area contributed by atoms with Crippen LogP contribution in [0.15, 0.2) is 41.3 Å².